The van der Waals surface area contributed by atoms with Crippen LogP contribution in [0.4, 0.5) is 5.69 Å². The van der Waals surface area contributed by atoms with E-state index in [0.717, 1.165) is 4.90 Å². The van der Waals surface area contributed by atoms with Crippen LogP contribution in [0.2, 0.25) is 0 Å². The molecule has 0 aliphatic heterocycles. The Morgan fingerprint density at radius 1 is 1.38 bits per heavy atom. The van der Waals surface area contributed by atoms with Crippen molar-refractivity contribution in [2.75, 3.05) is 17.2 Å². The number of para-hydroxylation sites is 1. The van der Waals surface area contributed by atoms with E-state index in [4.69, 9.17) is 10.3 Å². The Balaban J connectivity index is 1.80. The first-order valence-corrected chi connectivity index (χ1v) is 8.84. The van der Waals surface area contributed by atoms with Gasteiger partial charge in [-0.05, 0) is 12.1 Å². The van der Waals surface area contributed by atoms with E-state index in [9.17, 15) is 8.42 Å². The van der Waals surface area contributed by atoms with E-state index in [1.807, 2.05) is 18.2 Å². The van der Waals surface area contributed by atoms with Crippen LogP contribution in [0.1, 0.15) is 11.7 Å². The van der Waals surface area contributed by atoms with Gasteiger partial charge in [0.15, 0.2) is 5.82 Å². The van der Waals surface area contributed by atoms with Crippen molar-refractivity contribution in [2.45, 2.75) is 18.4 Å². The molecule has 1 heterocycles. The van der Waals surface area contributed by atoms with Gasteiger partial charge >= 0.3 is 0 Å². The highest BCUT2D eigenvalue weighted by Crippen LogP contribution is 2.24. The quantitative estimate of drug-likeness (QED) is 0.579. The molecule has 1 aromatic carbocycles. The van der Waals surface area contributed by atoms with Crippen molar-refractivity contribution in [3.05, 3.63) is 36.0 Å². The summed E-state index contributed by atoms with van der Waals surface area (Å²) in [6, 6.07) is 7.35. The Morgan fingerprint density at radius 2 is 2.14 bits per heavy atom. The van der Waals surface area contributed by atoms with Crippen LogP contribution < -0.4 is 10.5 Å². The first kappa shape index (κ1) is 15.8. The molecule has 0 saturated heterocycles. The Bertz CT molecular complexity index is 700. The standard InChI is InChI=1S/C12H16N4O3S2/c1-9-15-12(16-19-9)8-14-21(17,18)7-6-20-11-5-3-2-4-10(11)13/h2-5,14H,6-8,13H2,1H3. The maximum absolute atomic E-state index is 11.8. The average Bonchev–Trinajstić information content (AvgIpc) is 2.85. The molecule has 0 saturated carbocycles. The largest absolute Gasteiger partial charge is 0.398 e. The number of nitrogen functional groups attached to an aromatic ring is 1. The van der Waals surface area contributed by atoms with Gasteiger partial charge in [0.05, 0.1) is 12.3 Å². The molecule has 0 radical (unpaired) electrons. The van der Waals surface area contributed by atoms with Crippen LogP contribution in [0.3, 0.4) is 0 Å². The monoisotopic (exact) mass is 328 g/mol. The van der Waals surface area contributed by atoms with E-state index in [0.29, 0.717) is 23.2 Å². The predicted octanol–water partition coefficient (Wildman–Crippen LogP) is 1.17. The molecular weight excluding hydrogens is 312 g/mol. The number of hydrogen-bond donors (Lipinski definition) is 2. The number of aromatic nitrogens is 2. The third kappa shape index (κ3) is 5.03. The molecule has 114 valence electrons. The minimum absolute atomic E-state index is 0.0111. The second-order valence-corrected chi connectivity index (χ2v) is 7.32. The summed E-state index contributed by atoms with van der Waals surface area (Å²) in [6.07, 6.45) is 0. The topological polar surface area (TPSA) is 111 Å². The number of nitrogens with zero attached hydrogens (tertiary/aromatic N) is 2. The highest BCUT2D eigenvalue weighted by molar-refractivity contribution is 8.00. The molecule has 7 nitrogen and oxygen atoms in total. The first-order chi connectivity index (χ1) is 9.96. The summed E-state index contributed by atoms with van der Waals surface area (Å²) in [5.41, 5.74) is 6.44. The van der Waals surface area contributed by atoms with Crippen LogP contribution in [-0.4, -0.2) is 30.1 Å². The summed E-state index contributed by atoms with van der Waals surface area (Å²) in [5, 5.41) is 3.62. The lowest BCUT2D eigenvalue weighted by molar-refractivity contribution is 0.387. The van der Waals surface area contributed by atoms with E-state index < -0.39 is 10.0 Å². The van der Waals surface area contributed by atoms with Crippen LogP contribution in [0.15, 0.2) is 33.7 Å². The molecule has 1 aromatic heterocycles. The SMILES string of the molecule is Cc1nc(CNS(=O)(=O)CCSc2ccccc2N)no1. The average molecular weight is 328 g/mol. The van der Waals surface area contributed by atoms with Crippen LogP contribution in [0.25, 0.3) is 0 Å². The number of sulfonamides is 1. The smallest absolute Gasteiger partial charge is 0.223 e. The van der Waals surface area contributed by atoms with Crippen molar-refractivity contribution in [3.8, 4) is 0 Å². The molecule has 3 N–H and O–H groups in total. The van der Waals surface area contributed by atoms with Crippen molar-refractivity contribution < 1.29 is 12.9 Å². The van der Waals surface area contributed by atoms with Gasteiger partial charge in [0.1, 0.15) is 0 Å². The molecule has 21 heavy (non-hydrogen) atoms. The summed E-state index contributed by atoms with van der Waals surface area (Å²) < 4.78 is 30.9. The summed E-state index contributed by atoms with van der Waals surface area (Å²) in [7, 11) is -3.39. The van der Waals surface area contributed by atoms with E-state index in [1.54, 1.807) is 13.0 Å². The predicted molar refractivity (Wildman–Crippen MR) is 81.2 cm³/mol. The van der Waals surface area contributed by atoms with Gasteiger partial charge in [-0.2, -0.15) is 4.98 Å². The zero-order valence-corrected chi connectivity index (χ0v) is 13.1. The Morgan fingerprint density at radius 3 is 2.81 bits per heavy atom. The molecule has 0 unspecified atom stereocenters. The molecule has 0 aliphatic carbocycles. The van der Waals surface area contributed by atoms with Crippen molar-refractivity contribution in [3.63, 3.8) is 0 Å². The molecule has 2 rings (SSSR count). The fraction of sp³-hybridized carbons (Fsp3) is 0.333. The summed E-state index contributed by atoms with van der Waals surface area (Å²) in [4.78, 5) is 4.80. The molecule has 0 spiro atoms. The molecule has 2 aromatic rings. The number of anilines is 1. The normalized spacial score (nSPS) is 11.7. The van der Waals surface area contributed by atoms with Gasteiger partial charge in [0.2, 0.25) is 15.9 Å². The number of rotatable bonds is 7. The van der Waals surface area contributed by atoms with E-state index >= 15 is 0 Å². The van der Waals surface area contributed by atoms with Crippen molar-refractivity contribution in [2.24, 2.45) is 0 Å². The first-order valence-electron chi connectivity index (χ1n) is 6.20. The van der Waals surface area contributed by atoms with Crippen molar-refractivity contribution in [1.82, 2.24) is 14.9 Å². The summed E-state index contributed by atoms with van der Waals surface area (Å²) in [6.45, 7) is 1.67. The second-order valence-electron chi connectivity index (χ2n) is 4.26. The molecular formula is C12H16N4O3S2. The molecule has 0 fully saturated rings. The molecule has 0 amide bonds. The number of benzene rings is 1. The Hall–Kier alpha value is -1.58. The fourth-order valence-electron chi connectivity index (χ4n) is 1.53. The Kier molecular flexibility index (Phi) is 5.21. The zero-order chi connectivity index (χ0) is 15.3. The van der Waals surface area contributed by atoms with E-state index in [1.165, 1.54) is 11.8 Å². The van der Waals surface area contributed by atoms with E-state index in [2.05, 4.69) is 14.9 Å². The van der Waals surface area contributed by atoms with Gasteiger partial charge in [-0.1, -0.05) is 17.3 Å². The van der Waals surface area contributed by atoms with Crippen LogP contribution in [-0.2, 0) is 16.6 Å². The Labute approximate surface area is 127 Å². The highest BCUT2D eigenvalue weighted by atomic mass is 32.2. The van der Waals surface area contributed by atoms with Gasteiger partial charge < -0.3 is 10.3 Å². The van der Waals surface area contributed by atoms with Crippen molar-refractivity contribution in [1.29, 1.82) is 0 Å². The number of thioether (sulfide) groups is 1. The summed E-state index contributed by atoms with van der Waals surface area (Å²) >= 11 is 1.41. The lowest BCUT2D eigenvalue weighted by atomic mass is 10.3. The van der Waals surface area contributed by atoms with Gasteiger partial charge in [-0.3, -0.25) is 0 Å². The maximum Gasteiger partial charge on any atom is 0.223 e. The van der Waals surface area contributed by atoms with Crippen LogP contribution >= 0.6 is 11.8 Å². The third-order valence-corrected chi connectivity index (χ3v) is 5.22. The minimum Gasteiger partial charge on any atom is -0.398 e. The lowest BCUT2D eigenvalue weighted by Crippen LogP contribution is -2.27. The number of hydrogen-bond acceptors (Lipinski definition) is 7. The fourth-order valence-corrected chi connectivity index (χ4v) is 3.87. The third-order valence-electron chi connectivity index (χ3n) is 2.55. The zero-order valence-electron chi connectivity index (χ0n) is 11.4. The van der Waals surface area contributed by atoms with E-state index in [-0.39, 0.29) is 12.3 Å². The highest BCUT2D eigenvalue weighted by Gasteiger charge is 2.12. The molecule has 9 heteroatoms. The number of nitrogens with one attached hydrogen (secondary N) is 1. The van der Waals surface area contributed by atoms with Crippen LogP contribution in [0, 0.1) is 6.92 Å². The maximum atomic E-state index is 11.8. The molecule has 0 atom stereocenters. The van der Waals surface area contributed by atoms with Gasteiger partial charge in [0.25, 0.3) is 0 Å². The number of aryl methyl sites for hydroxylation is 1. The van der Waals surface area contributed by atoms with Gasteiger partial charge in [-0.25, -0.2) is 13.1 Å². The van der Waals surface area contributed by atoms with Gasteiger partial charge in [0, 0.05) is 23.3 Å². The minimum atomic E-state index is -3.39. The molecule has 0 bridgehead atoms. The lowest BCUT2D eigenvalue weighted by Gasteiger charge is -2.06. The molecule has 0 aliphatic rings. The van der Waals surface area contributed by atoms with Crippen molar-refractivity contribution >= 4 is 27.5 Å². The second kappa shape index (κ2) is 6.92. The number of nitrogens with two attached hydrogens (primary N) is 1. The van der Waals surface area contributed by atoms with Crippen LogP contribution in [0.5, 0.6) is 0 Å². The van der Waals surface area contributed by atoms with Gasteiger partial charge in [-0.15, -0.1) is 11.8 Å². The summed E-state index contributed by atoms with van der Waals surface area (Å²) in [5.74, 6) is 1.12.